The molecule has 17 nitrogen and oxygen atoms in total. The summed E-state index contributed by atoms with van der Waals surface area (Å²) in [6, 6.07) is 9.85. The molecule has 0 amide bonds. The number of carbonyl (C=O) groups is 2. The topological polar surface area (TPSA) is 190 Å². The zero-order chi connectivity index (χ0) is 46.1. The maximum atomic E-state index is 13.1. The fourth-order valence-electron chi connectivity index (χ4n) is 10.5. The highest BCUT2D eigenvalue weighted by Crippen LogP contribution is 2.54. The van der Waals surface area contributed by atoms with E-state index in [1.807, 2.05) is 19.1 Å². The second kappa shape index (κ2) is 17.2. The molecule has 8 heterocycles. The molecule has 19 heteroatoms. The van der Waals surface area contributed by atoms with E-state index in [1.54, 1.807) is 28.6 Å². The number of rotatable bonds is 15. The molecule has 10 rings (SSSR count). The van der Waals surface area contributed by atoms with Crippen molar-refractivity contribution in [3.63, 3.8) is 0 Å². The predicted molar refractivity (Wildman–Crippen MR) is 241 cm³/mol. The number of halogens is 2. The Kier molecular flexibility index (Phi) is 11.6. The molecule has 0 aliphatic carbocycles. The van der Waals surface area contributed by atoms with E-state index in [0.29, 0.717) is 111 Å². The van der Waals surface area contributed by atoms with Gasteiger partial charge in [0.1, 0.15) is 33.7 Å². The first-order valence-electron chi connectivity index (χ1n) is 22.2. The van der Waals surface area contributed by atoms with Crippen molar-refractivity contribution in [3.05, 3.63) is 102 Å². The van der Waals surface area contributed by atoms with Crippen LogP contribution in [0.15, 0.2) is 58.4 Å². The second-order valence-electron chi connectivity index (χ2n) is 18.1. The van der Waals surface area contributed by atoms with E-state index in [0.717, 1.165) is 35.1 Å². The van der Waals surface area contributed by atoms with E-state index in [9.17, 15) is 29.4 Å². The molecule has 6 aliphatic rings. The summed E-state index contributed by atoms with van der Waals surface area (Å²) in [7, 11) is 1.63. The molecule has 2 aromatic heterocycles. The Morgan fingerprint density at radius 1 is 0.697 bits per heavy atom. The van der Waals surface area contributed by atoms with Gasteiger partial charge in [-0.3, -0.25) is 29.0 Å². The van der Waals surface area contributed by atoms with E-state index < -0.39 is 34.1 Å². The Morgan fingerprint density at radius 3 is 1.64 bits per heavy atom. The maximum absolute atomic E-state index is 13.1. The molecule has 4 fully saturated rings. The SMILES string of the molecule is COCCCOc1cc2c(cc1Cl)-c1cc(=O)c(C(=O)O)cn1N1[C@@H]2CCC12COC(C)(CCOCCCOc1cc3c(cc1Cl)-c1cc(=O)c(C(=O)O)cn1N1[C@@H]3CCC13COC3)OC2. The van der Waals surface area contributed by atoms with Crippen LogP contribution in [0.2, 0.25) is 10.0 Å². The van der Waals surface area contributed by atoms with Crippen LogP contribution in [0.4, 0.5) is 0 Å². The number of pyridine rings is 2. The molecule has 0 saturated carbocycles. The zero-order valence-electron chi connectivity index (χ0n) is 36.5. The highest BCUT2D eigenvalue weighted by molar-refractivity contribution is 6.32. The highest BCUT2D eigenvalue weighted by Gasteiger charge is 2.56. The Bertz CT molecular complexity index is 2730. The van der Waals surface area contributed by atoms with Gasteiger partial charge in [-0.05, 0) is 68.0 Å². The summed E-state index contributed by atoms with van der Waals surface area (Å²) in [4.78, 5) is 50.1. The lowest BCUT2D eigenvalue weighted by Gasteiger charge is -2.51. The van der Waals surface area contributed by atoms with Gasteiger partial charge in [-0.1, -0.05) is 23.2 Å². The average Bonchev–Trinajstić information content (AvgIpc) is 3.87. The number of benzene rings is 2. The van der Waals surface area contributed by atoms with Crippen molar-refractivity contribution in [2.75, 3.05) is 76.6 Å². The van der Waals surface area contributed by atoms with E-state index in [4.69, 9.17) is 56.4 Å². The monoisotopic (exact) mass is 948 g/mol. The van der Waals surface area contributed by atoms with E-state index in [-0.39, 0.29) is 42.0 Å². The number of aromatic nitrogens is 2. The lowest BCUT2D eigenvalue weighted by Crippen LogP contribution is -2.64. The number of hydrogen-bond donors (Lipinski definition) is 2. The van der Waals surface area contributed by atoms with Crippen LogP contribution in [-0.4, -0.2) is 115 Å². The summed E-state index contributed by atoms with van der Waals surface area (Å²) in [5.41, 5.74) is 1.67. The fourth-order valence-corrected chi connectivity index (χ4v) is 11.0. The quantitative estimate of drug-likeness (QED) is 0.128. The van der Waals surface area contributed by atoms with Crippen molar-refractivity contribution < 1.29 is 53.0 Å². The number of aromatic carboxylic acids is 2. The van der Waals surface area contributed by atoms with Gasteiger partial charge < -0.3 is 43.4 Å². The molecule has 2 spiro atoms. The summed E-state index contributed by atoms with van der Waals surface area (Å²) in [5, 5.41) is 24.7. The first-order valence-corrected chi connectivity index (χ1v) is 23.0. The molecule has 0 bridgehead atoms. The molecule has 2 N–H and O–H groups in total. The first kappa shape index (κ1) is 44.7. The predicted octanol–water partition coefficient (Wildman–Crippen LogP) is 6.18. The number of nitrogens with zero attached hydrogens (tertiary/aromatic N) is 4. The van der Waals surface area contributed by atoms with Gasteiger partial charge in [0.25, 0.3) is 0 Å². The number of ether oxygens (including phenoxy) is 7. The lowest BCUT2D eigenvalue weighted by atomic mass is 9.94. The van der Waals surface area contributed by atoms with E-state index >= 15 is 0 Å². The Labute approximate surface area is 389 Å². The number of carboxylic acids is 2. The standard InChI is InChI=1S/C47H50Cl2N4O13/c1-45(9-14-61-11-4-13-64-42-17-29-27(15-34(42)49)37-19-39(54)31(43(56)57)21-50(37)52-35(29)5-7-46(52)23-62-24-46)65-25-47(26-66-45)8-6-36-30-18-41(63-12-3-10-60-2)33(48)16-28(30)38-20-40(55)32(44(58)59)22-51(38)53(36)47/h15-22,35-36H,3-14,23-26H2,1-2H3,(H,56,57)(H,58,59)/t35-,36-,45?,47?/m1/s1. The summed E-state index contributed by atoms with van der Waals surface area (Å²) in [6.07, 6.45) is 7.55. The smallest absolute Gasteiger partial charge is 0.341 e. The van der Waals surface area contributed by atoms with Crippen molar-refractivity contribution >= 4 is 35.1 Å². The molecule has 350 valence electrons. The normalized spacial score (nSPS) is 23.9. The largest absolute Gasteiger partial charge is 0.492 e. The molecule has 6 aliphatic heterocycles. The molecule has 2 atom stereocenters. The number of fused-ring (bicyclic) bond motifs is 14. The van der Waals surface area contributed by atoms with Crippen LogP contribution in [-0.2, 0) is 23.7 Å². The van der Waals surface area contributed by atoms with Gasteiger partial charge in [0.05, 0.1) is 79.8 Å². The average molecular weight is 950 g/mol. The number of methoxy groups -OCH3 is 1. The first-order chi connectivity index (χ1) is 31.8. The molecule has 0 unspecified atom stereocenters. The third kappa shape index (κ3) is 7.52. The molecule has 4 aromatic rings. The van der Waals surface area contributed by atoms with Gasteiger partial charge in [0.2, 0.25) is 0 Å². The summed E-state index contributed by atoms with van der Waals surface area (Å²) >= 11 is 13.5. The Hall–Kier alpha value is -5.14. The van der Waals surface area contributed by atoms with Crippen molar-refractivity contribution in [1.29, 1.82) is 0 Å². The minimum atomic E-state index is -1.31. The van der Waals surface area contributed by atoms with Gasteiger partial charge in [0.15, 0.2) is 16.6 Å². The van der Waals surface area contributed by atoms with Crippen LogP contribution < -0.4 is 30.3 Å². The zero-order valence-corrected chi connectivity index (χ0v) is 38.0. The second-order valence-corrected chi connectivity index (χ2v) is 18.9. The third-order valence-electron chi connectivity index (χ3n) is 14.0. The van der Waals surface area contributed by atoms with Crippen molar-refractivity contribution in [2.45, 2.75) is 80.8 Å². The maximum Gasteiger partial charge on any atom is 0.341 e. The number of carboxylic acid groups (broad SMARTS) is 2. The van der Waals surface area contributed by atoms with Crippen LogP contribution in [0.3, 0.4) is 0 Å². The molecule has 2 aromatic carbocycles. The summed E-state index contributed by atoms with van der Waals surface area (Å²) in [5.74, 6) is -2.50. The van der Waals surface area contributed by atoms with Crippen molar-refractivity contribution in [1.82, 2.24) is 9.35 Å². The molecule has 4 saturated heterocycles. The van der Waals surface area contributed by atoms with Gasteiger partial charge in [-0.25, -0.2) is 9.59 Å². The minimum absolute atomic E-state index is 0.0913. The van der Waals surface area contributed by atoms with E-state index in [1.165, 1.54) is 24.5 Å². The van der Waals surface area contributed by atoms with Crippen LogP contribution >= 0.6 is 23.2 Å². The number of hydrogen-bond acceptors (Lipinski definition) is 13. The minimum Gasteiger partial charge on any atom is -0.492 e. The summed E-state index contributed by atoms with van der Waals surface area (Å²) < 4.78 is 45.7. The lowest BCUT2D eigenvalue weighted by molar-refractivity contribution is -0.284. The van der Waals surface area contributed by atoms with Gasteiger partial charge in [-0.2, -0.15) is 0 Å². The molecule has 66 heavy (non-hydrogen) atoms. The Morgan fingerprint density at radius 2 is 1.18 bits per heavy atom. The van der Waals surface area contributed by atoms with Crippen LogP contribution in [0.25, 0.3) is 22.5 Å². The molecular formula is C47H50Cl2N4O13. The molecular weight excluding hydrogens is 899 g/mol. The van der Waals surface area contributed by atoms with E-state index in [2.05, 4.69) is 10.0 Å². The summed E-state index contributed by atoms with van der Waals surface area (Å²) in [6.45, 7) is 5.51. The molecule has 0 radical (unpaired) electrons. The highest BCUT2D eigenvalue weighted by atomic mass is 35.5. The van der Waals surface area contributed by atoms with Crippen LogP contribution in [0.1, 0.15) is 95.8 Å². The Balaban J connectivity index is 0.772. The third-order valence-corrected chi connectivity index (χ3v) is 14.6. The van der Waals surface area contributed by atoms with Gasteiger partial charge >= 0.3 is 11.9 Å². The van der Waals surface area contributed by atoms with Gasteiger partial charge in [-0.15, -0.1) is 0 Å². The van der Waals surface area contributed by atoms with Crippen molar-refractivity contribution in [2.24, 2.45) is 0 Å². The van der Waals surface area contributed by atoms with Crippen LogP contribution in [0.5, 0.6) is 11.5 Å². The van der Waals surface area contributed by atoms with Crippen molar-refractivity contribution in [3.8, 4) is 34.0 Å². The van der Waals surface area contributed by atoms with Crippen LogP contribution in [0, 0.1) is 0 Å². The van der Waals surface area contributed by atoms with Gasteiger partial charge in [0, 0.05) is 75.2 Å². The fraction of sp³-hybridized carbons (Fsp3) is 0.489.